The van der Waals surface area contributed by atoms with Crippen molar-refractivity contribution in [3.05, 3.63) is 65.2 Å². The van der Waals surface area contributed by atoms with E-state index in [4.69, 9.17) is 0 Å². The lowest BCUT2D eigenvalue weighted by Gasteiger charge is -2.33. The van der Waals surface area contributed by atoms with Crippen LogP contribution in [0.3, 0.4) is 0 Å². The Morgan fingerprint density at radius 2 is 1.70 bits per heavy atom. The zero-order valence-electron chi connectivity index (χ0n) is 20.3. The van der Waals surface area contributed by atoms with Gasteiger partial charge in [0.2, 0.25) is 21.8 Å². The van der Waals surface area contributed by atoms with Gasteiger partial charge in [-0.25, -0.2) is 8.42 Å². The van der Waals surface area contributed by atoms with Crippen molar-refractivity contribution in [2.45, 2.75) is 59.7 Å². The van der Waals surface area contributed by atoms with Crippen molar-refractivity contribution in [1.82, 2.24) is 10.2 Å². The molecule has 0 fully saturated rings. The molecule has 0 saturated heterocycles. The first kappa shape index (κ1) is 26.4. The number of benzene rings is 2. The molecule has 0 aromatic heterocycles. The van der Waals surface area contributed by atoms with Gasteiger partial charge in [-0.15, -0.1) is 0 Å². The highest BCUT2D eigenvalue weighted by Crippen LogP contribution is 2.21. The fourth-order valence-electron chi connectivity index (χ4n) is 3.67. The number of sulfonamides is 1. The Morgan fingerprint density at radius 1 is 1.03 bits per heavy atom. The standard InChI is InChI=1S/C25H35N3O4S/c1-7-23(25(30)26-18(2)3)27(16-21-13-9-8-12-20(21)5)24(29)17-28(33(6,31)32)22-14-10-11-19(4)15-22/h8-15,18,23H,7,16-17H2,1-6H3,(H,26,30). The van der Waals surface area contributed by atoms with Crippen molar-refractivity contribution < 1.29 is 18.0 Å². The van der Waals surface area contributed by atoms with E-state index < -0.39 is 22.0 Å². The molecular weight excluding hydrogens is 438 g/mol. The number of aryl methyl sites for hydroxylation is 2. The van der Waals surface area contributed by atoms with Gasteiger partial charge in [-0.1, -0.05) is 43.3 Å². The molecule has 0 aliphatic carbocycles. The minimum Gasteiger partial charge on any atom is -0.352 e. The summed E-state index contributed by atoms with van der Waals surface area (Å²) in [5.41, 5.74) is 3.20. The monoisotopic (exact) mass is 473 g/mol. The molecule has 1 N–H and O–H groups in total. The number of amides is 2. The number of rotatable bonds is 10. The maximum Gasteiger partial charge on any atom is 0.244 e. The maximum absolute atomic E-state index is 13.6. The first-order chi connectivity index (χ1) is 15.4. The molecule has 0 bridgehead atoms. The average molecular weight is 474 g/mol. The van der Waals surface area contributed by atoms with Gasteiger partial charge >= 0.3 is 0 Å². The van der Waals surface area contributed by atoms with E-state index in [0.717, 1.165) is 27.3 Å². The summed E-state index contributed by atoms with van der Waals surface area (Å²) in [5, 5.41) is 2.89. The predicted molar refractivity (Wildman–Crippen MR) is 132 cm³/mol. The minimum absolute atomic E-state index is 0.0817. The Labute approximate surface area is 197 Å². The Morgan fingerprint density at radius 3 is 2.24 bits per heavy atom. The van der Waals surface area contributed by atoms with Gasteiger partial charge in [0.05, 0.1) is 11.9 Å². The maximum atomic E-state index is 13.6. The lowest BCUT2D eigenvalue weighted by Crippen LogP contribution is -2.53. The summed E-state index contributed by atoms with van der Waals surface area (Å²) >= 11 is 0. The molecule has 0 saturated carbocycles. The number of anilines is 1. The van der Waals surface area contributed by atoms with Gasteiger partial charge in [-0.3, -0.25) is 13.9 Å². The quantitative estimate of drug-likeness (QED) is 0.573. The van der Waals surface area contributed by atoms with Gasteiger partial charge in [0.15, 0.2) is 0 Å². The number of nitrogens with zero attached hydrogens (tertiary/aromatic N) is 2. The highest BCUT2D eigenvalue weighted by Gasteiger charge is 2.32. The fourth-order valence-corrected chi connectivity index (χ4v) is 4.51. The highest BCUT2D eigenvalue weighted by molar-refractivity contribution is 7.92. The molecule has 0 radical (unpaired) electrons. The number of carbonyl (C=O) groups is 2. The van der Waals surface area contributed by atoms with E-state index in [-0.39, 0.29) is 25.0 Å². The first-order valence-electron chi connectivity index (χ1n) is 11.1. The summed E-state index contributed by atoms with van der Waals surface area (Å²) < 4.78 is 26.3. The van der Waals surface area contributed by atoms with Gasteiger partial charge < -0.3 is 10.2 Å². The topological polar surface area (TPSA) is 86.8 Å². The number of nitrogens with one attached hydrogen (secondary N) is 1. The molecular formula is C25H35N3O4S. The van der Waals surface area contributed by atoms with Crippen LogP contribution in [-0.2, 0) is 26.2 Å². The Balaban J connectivity index is 2.46. The summed E-state index contributed by atoms with van der Waals surface area (Å²) in [7, 11) is -3.73. The molecule has 2 rings (SSSR count). The van der Waals surface area contributed by atoms with Crippen molar-refractivity contribution >= 4 is 27.5 Å². The zero-order chi connectivity index (χ0) is 24.8. The first-order valence-corrected chi connectivity index (χ1v) is 13.0. The molecule has 2 aromatic carbocycles. The van der Waals surface area contributed by atoms with Gasteiger partial charge in [0.25, 0.3) is 0 Å². The summed E-state index contributed by atoms with van der Waals surface area (Å²) in [4.78, 5) is 28.1. The van der Waals surface area contributed by atoms with Crippen LogP contribution in [0.4, 0.5) is 5.69 Å². The molecule has 33 heavy (non-hydrogen) atoms. The van der Waals surface area contributed by atoms with Crippen LogP contribution < -0.4 is 9.62 Å². The third-order valence-corrected chi connectivity index (χ3v) is 6.53. The SMILES string of the molecule is CCC(C(=O)NC(C)C)N(Cc1ccccc1C)C(=O)CN(c1cccc(C)c1)S(C)(=O)=O. The zero-order valence-corrected chi connectivity index (χ0v) is 21.1. The Kier molecular flexibility index (Phi) is 9.05. The van der Waals surface area contributed by atoms with Crippen LogP contribution in [0.15, 0.2) is 48.5 Å². The molecule has 2 amide bonds. The van der Waals surface area contributed by atoms with E-state index >= 15 is 0 Å². The van der Waals surface area contributed by atoms with Gasteiger partial charge in [-0.2, -0.15) is 0 Å². The van der Waals surface area contributed by atoms with Gasteiger partial charge in [0, 0.05) is 12.6 Å². The predicted octanol–water partition coefficient (Wildman–Crippen LogP) is 3.40. The lowest BCUT2D eigenvalue weighted by molar-refractivity contribution is -0.140. The average Bonchev–Trinajstić information content (AvgIpc) is 2.71. The van der Waals surface area contributed by atoms with Crippen molar-refractivity contribution in [3.63, 3.8) is 0 Å². The molecule has 7 nitrogen and oxygen atoms in total. The normalized spacial score (nSPS) is 12.3. The van der Waals surface area contributed by atoms with Crippen molar-refractivity contribution in [2.24, 2.45) is 0 Å². The largest absolute Gasteiger partial charge is 0.352 e. The van der Waals surface area contributed by atoms with Crippen LogP contribution in [0.1, 0.15) is 43.9 Å². The Hall–Kier alpha value is -2.87. The van der Waals surface area contributed by atoms with E-state index in [2.05, 4.69) is 5.32 Å². The molecule has 0 aliphatic heterocycles. The Bertz CT molecular complexity index is 1080. The molecule has 0 spiro atoms. The third kappa shape index (κ3) is 7.32. The van der Waals surface area contributed by atoms with Crippen LogP contribution in [0, 0.1) is 13.8 Å². The van der Waals surface area contributed by atoms with Gasteiger partial charge in [0.1, 0.15) is 12.6 Å². The fraction of sp³-hybridized carbons (Fsp3) is 0.440. The molecule has 8 heteroatoms. The van der Waals surface area contributed by atoms with Crippen LogP contribution in [0.5, 0.6) is 0 Å². The van der Waals surface area contributed by atoms with Crippen LogP contribution >= 0.6 is 0 Å². The van der Waals surface area contributed by atoms with E-state index in [1.807, 2.05) is 65.0 Å². The summed E-state index contributed by atoms with van der Waals surface area (Å²) in [5.74, 6) is -0.688. The summed E-state index contributed by atoms with van der Waals surface area (Å²) in [6, 6.07) is 13.9. The second kappa shape index (κ2) is 11.3. The van der Waals surface area contributed by atoms with Crippen LogP contribution in [0.2, 0.25) is 0 Å². The summed E-state index contributed by atoms with van der Waals surface area (Å²) in [6.45, 7) is 9.20. The minimum atomic E-state index is -3.73. The van der Waals surface area contributed by atoms with E-state index in [0.29, 0.717) is 12.1 Å². The number of hydrogen-bond donors (Lipinski definition) is 1. The molecule has 180 valence electrons. The molecule has 2 aromatic rings. The van der Waals surface area contributed by atoms with E-state index in [1.54, 1.807) is 18.2 Å². The molecule has 0 heterocycles. The van der Waals surface area contributed by atoms with Crippen molar-refractivity contribution in [1.29, 1.82) is 0 Å². The lowest BCUT2D eigenvalue weighted by atomic mass is 10.1. The third-order valence-electron chi connectivity index (χ3n) is 5.39. The summed E-state index contributed by atoms with van der Waals surface area (Å²) in [6.07, 6.45) is 1.48. The number of hydrogen-bond acceptors (Lipinski definition) is 4. The van der Waals surface area contributed by atoms with Crippen LogP contribution in [-0.4, -0.2) is 50.0 Å². The molecule has 1 unspecified atom stereocenters. The molecule has 1 atom stereocenters. The molecule has 0 aliphatic rings. The smallest absolute Gasteiger partial charge is 0.244 e. The van der Waals surface area contributed by atoms with Crippen LogP contribution in [0.25, 0.3) is 0 Å². The van der Waals surface area contributed by atoms with Crippen molar-refractivity contribution in [2.75, 3.05) is 17.1 Å². The highest BCUT2D eigenvalue weighted by atomic mass is 32.2. The second-order valence-electron chi connectivity index (χ2n) is 8.64. The van der Waals surface area contributed by atoms with E-state index in [9.17, 15) is 18.0 Å². The van der Waals surface area contributed by atoms with Gasteiger partial charge in [-0.05, 0) is 62.9 Å². The van der Waals surface area contributed by atoms with Crippen molar-refractivity contribution in [3.8, 4) is 0 Å². The second-order valence-corrected chi connectivity index (χ2v) is 10.6. The van der Waals surface area contributed by atoms with E-state index in [1.165, 1.54) is 4.90 Å². The number of carbonyl (C=O) groups excluding carboxylic acids is 2.